The summed E-state index contributed by atoms with van der Waals surface area (Å²) >= 11 is 15.7. The van der Waals surface area contributed by atoms with Gasteiger partial charge < -0.3 is 0 Å². The van der Waals surface area contributed by atoms with E-state index in [2.05, 4.69) is 15.9 Å². The summed E-state index contributed by atoms with van der Waals surface area (Å²) in [6, 6.07) is 9.40. The van der Waals surface area contributed by atoms with Gasteiger partial charge in [-0.15, -0.1) is 11.6 Å². The maximum absolute atomic E-state index is 13.6. The highest BCUT2D eigenvalue weighted by atomic mass is 79.9. The molecular weight excluding hydrogens is 357 g/mol. The van der Waals surface area contributed by atoms with Crippen molar-refractivity contribution in [2.45, 2.75) is 11.8 Å². The van der Waals surface area contributed by atoms with Crippen molar-refractivity contribution < 1.29 is 8.78 Å². The van der Waals surface area contributed by atoms with Crippen LogP contribution < -0.4 is 0 Å². The third-order valence-electron chi connectivity index (χ3n) is 2.75. The molecule has 19 heavy (non-hydrogen) atoms. The third kappa shape index (κ3) is 3.28. The average molecular weight is 366 g/mol. The summed E-state index contributed by atoms with van der Waals surface area (Å²) in [4.78, 5) is 0. The summed E-state index contributed by atoms with van der Waals surface area (Å²) in [5, 5.41) is -0.0411. The van der Waals surface area contributed by atoms with E-state index >= 15 is 0 Å². The van der Waals surface area contributed by atoms with Crippen LogP contribution in [0.5, 0.6) is 0 Å². The molecule has 1 atom stereocenters. The number of hydrogen-bond acceptors (Lipinski definition) is 0. The Balaban J connectivity index is 2.28. The van der Waals surface area contributed by atoms with Gasteiger partial charge in [-0.1, -0.05) is 35.9 Å². The third-order valence-corrected chi connectivity index (χ3v) is 4.45. The zero-order valence-corrected chi connectivity index (χ0v) is 12.7. The minimum absolute atomic E-state index is 0.168. The van der Waals surface area contributed by atoms with Gasteiger partial charge in [0.25, 0.3) is 0 Å². The van der Waals surface area contributed by atoms with Gasteiger partial charge in [0, 0.05) is 4.47 Å². The predicted octanol–water partition coefficient (Wildman–Crippen LogP) is 5.90. The van der Waals surface area contributed by atoms with E-state index in [0.29, 0.717) is 10.6 Å². The Bertz CT molecular complexity index is 602. The molecule has 0 aliphatic rings. The average Bonchev–Trinajstić information content (AvgIpc) is 2.38. The summed E-state index contributed by atoms with van der Waals surface area (Å²) < 4.78 is 27.4. The Morgan fingerprint density at radius 3 is 2.53 bits per heavy atom. The molecular formula is C14H9BrCl2F2. The van der Waals surface area contributed by atoms with Gasteiger partial charge in [-0.05, 0) is 45.6 Å². The van der Waals surface area contributed by atoms with Crippen LogP contribution in [0.25, 0.3) is 0 Å². The molecule has 5 heteroatoms. The fourth-order valence-corrected chi connectivity index (χ4v) is 2.81. The molecule has 0 saturated heterocycles. The van der Waals surface area contributed by atoms with Crippen molar-refractivity contribution in [2.75, 3.05) is 0 Å². The molecule has 0 heterocycles. The lowest BCUT2D eigenvalue weighted by Gasteiger charge is -2.13. The van der Waals surface area contributed by atoms with Gasteiger partial charge in [0.15, 0.2) is 11.6 Å². The molecule has 0 radical (unpaired) electrons. The number of halogens is 5. The smallest absolute Gasteiger partial charge is 0.162 e. The van der Waals surface area contributed by atoms with Crippen LogP contribution in [0.2, 0.25) is 5.02 Å². The summed E-state index contributed by atoms with van der Waals surface area (Å²) in [6.45, 7) is 0. The quantitative estimate of drug-likeness (QED) is 0.593. The van der Waals surface area contributed by atoms with Crippen molar-refractivity contribution in [2.24, 2.45) is 0 Å². The zero-order valence-electron chi connectivity index (χ0n) is 9.64. The van der Waals surface area contributed by atoms with Gasteiger partial charge in [-0.3, -0.25) is 0 Å². The maximum atomic E-state index is 13.6. The molecule has 0 amide bonds. The van der Waals surface area contributed by atoms with Gasteiger partial charge in [0.1, 0.15) is 0 Å². The monoisotopic (exact) mass is 364 g/mol. The topological polar surface area (TPSA) is 0 Å². The Kier molecular flexibility index (Phi) is 4.82. The van der Waals surface area contributed by atoms with E-state index in [1.54, 1.807) is 18.2 Å². The minimum atomic E-state index is -0.873. The highest BCUT2D eigenvalue weighted by molar-refractivity contribution is 9.10. The Morgan fingerprint density at radius 1 is 1.11 bits per heavy atom. The molecule has 2 aromatic rings. The van der Waals surface area contributed by atoms with Crippen LogP contribution in [0, 0.1) is 11.6 Å². The number of benzene rings is 2. The molecule has 2 aromatic carbocycles. The lowest BCUT2D eigenvalue weighted by atomic mass is 10.0. The van der Waals surface area contributed by atoms with Crippen molar-refractivity contribution in [3.8, 4) is 0 Å². The van der Waals surface area contributed by atoms with Crippen LogP contribution in [0.15, 0.2) is 40.9 Å². The molecule has 0 nitrogen and oxygen atoms in total. The second-order valence-electron chi connectivity index (χ2n) is 4.03. The van der Waals surface area contributed by atoms with Gasteiger partial charge in [-0.2, -0.15) is 0 Å². The molecule has 0 fully saturated rings. The molecule has 0 spiro atoms. The van der Waals surface area contributed by atoms with E-state index in [1.165, 1.54) is 12.1 Å². The Hall–Kier alpha value is -0.640. The molecule has 0 aliphatic heterocycles. The number of rotatable bonds is 3. The standard InChI is InChI=1S/C14H9BrCl2F2/c15-10-5-2-4-9(13(10)17)11(16)7-8-3-1-6-12(18)14(8)19/h1-6,11H,7H2. The SMILES string of the molecule is Fc1cccc(CC(Cl)c2cccc(Br)c2Cl)c1F. The first kappa shape index (κ1) is 14.8. The van der Waals surface area contributed by atoms with Gasteiger partial charge in [0.2, 0.25) is 0 Å². The fraction of sp³-hybridized carbons (Fsp3) is 0.143. The highest BCUT2D eigenvalue weighted by Gasteiger charge is 2.17. The second kappa shape index (κ2) is 6.21. The minimum Gasteiger partial charge on any atom is -0.204 e. The molecule has 0 bridgehead atoms. The van der Waals surface area contributed by atoms with Crippen LogP contribution in [-0.4, -0.2) is 0 Å². The fourth-order valence-electron chi connectivity index (χ4n) is 1.77. The van der Waals surface area contributed by atoms with Crippen LogP contribution in [0.3, 0.4) is 0 Å². The summed E-state index contributed by atoms with van der Waals surface area (Å²) in [5.41, 5.74) is 0.914. The zero-order chi connectivity index (χ0) is 14.0. The van der Waals surface area contributed by atoms with Crippen molar-refractivity contribution in [1.82, 2.24) is 0 Å². The van der Waals surface area contributed by atoms with E-state index in [1.807, 2.05) is 0 Å². The number of hydrogen-bond donors (Lipinski definition) is 0. The lowest BCUT2D eigenvalue weighted by molar-refractivity contribution is 0.498. The van der Waals surface area contributed by atoms with E-state index in [9.17, 15) is 8.78 Å². The largest absolute Gasteiger partial charge is 0.204 e. The van der Waals surface area contributed by atoms with Crippen molar-refractivity contribution in [1.29, 1.82) is 0 Å². The molecule has 1 unspecified atom stereocenters. The molecule has 0 saturated carbocycles. The van der Waals surface area contributed by atoms with Gasteiger partial charge >= 0.3 is 0 Å². The Labute approximate surface area is 128 Å². The summed E-state index contributed by atoms with van der Waals surface area (Å²) in [7, 11) is 0. The lowest BCUT2D eigenvalue weighted by Crippen LogP contribution is -2.01. The van der Waals surface area contributed by atoms with Crippen LogP contribution in [0.1, 0.15) is 16.5 Å². The van der Waals surface area contributed by atoms with Crippen molar-refractivity contribution in [3.05, 3.63) is 68.7 Å². The second-order valence-corrected chi connectivity index (χ2v) is 5.79. The molecule has 0 aromatic heterocycles. The number of alkyl halides is 1. The maximum Gasteiger partial charge on any atom is 0.162 e. The van der Waals surface area contributed by atoms with Gasteiger partial charge in [-0.25, -0.2) is 8.78 Å². The Morgan fingerprint density at radius 2 is 1.79 bits per heavy atom. The van der Waals surface area contributed by atoms with E-state index in [0.717, 1.165) is 10.5 Å². The predicted molar refractivity (Wildman–Crippen MR) is 77.8 cm³/mol. The molecule has 0 N–H and O–H groups in total. The normalized spacial score (nSPS) is 12.5. The molecule has 2 rings (SSSR count). The molecule has 100 valence electrons. The van der Waals surface area contributed by atoms with Crippen LogP contribution in [0.4, 0.5) is 8.78 Å². The first-order valence-electron chi connectivity index (χ1n) is 5.51. The van der Waals surface area contributed by atoms with E-state index in [-0.39, 0.29) is 12.0 Å². The molecule has 0 aliphatic carbocycles. The van der Waals surface area contributed by atoms with Crippen LogP contribution >= 0.6 is 39.1 Å². The highest BCUT2D eigenvalue weighted by Crippen LogP contribution is 2.35. The van der Waals surface area contributed by atoms with Gasteiger partial charge in [0.05, 0.1) is 10.4 Å². The summed E-state index contributed by atoms with van der Waals surface area (Å²) in [5.74, 6) is -1.74. The van der Waals surface area contributed by atoms with Crippen molar-refractivity contribution in [3.63, 3.8) is 0 Å². The van der Waals surface area contributed by atoms with Crippen LogP contribution in [-0.2, 0) is 6.42 Å². The summed E-state index contributed by atoms with van der Waals surface area (Å²) in [6.07, 6.45) is 0.168. The first-order chi connectivity index (χ1) is 9.00. The van der Waals surface area contributed by atoms with Crippen molar-refractivity contribution >= 4 is 39.1 Å². The van der Waals surface area contributed by atoms with E-state index in [4.69, 9.17) is 23.2 Å². The first-order valence-corrected chi connectivity index (χ1v) is 7.12. The van der Waals surface area contributed by atoms with E-state index < -0.39 is 17.0 Å².